The third-order valence-electron chi connectivity index (χ3n) is 2.44. The maximum absolute atomic E-state index is 13.7. The minimum absolute atomic E-state index is 0.0352. The van der Waals surface area contributed by atoms with Gasteiger partial charge in [0.1, 0.15) is 5.52 Å². The lowest BCUT2D eigenvalue weighted by Gasteiger charge is -2.16. The Balaban J connectivity index is 2.30. The molecule has 0 amide bonds. The van der Waals surface area contributed by atoms with Crippen LogP contribution in [0.15, 0.2) is 29.0 Å². The lowest BCUT2D eigenvalue weighted by atomic mass is 10.1. The van der Waals surface area contributed by atoms with Crippen LogP contribution in [0.3, 0.4) is 0 Å². The molecule has 0 radical (unpaired) electrons. The van der Waals surface area contributed by atoms with E-state index in [0.29, 0.717) is 11.1 Å². The number of benzene rings is 1. The molecule has 3 nitrogen and oxygen atoms in total. The highest BCUT2D eigenvalue weighted by atomic mass is 19.3. The van der Waals surface area contributed by atoms with E-state index in [4.69, 9.17) is 4.42 Å². The van der Waals surface area contributed by atoms with E-state index in [2.05, 4.69) is 10.3 Å². The van der Waals surface area contributed by atoms with E-state index in [1.54, 1.807) is 13.1 Å². The number of nitrogens with zero attached hydrogens (tertiary/aromatic N) is 1. The van der Waals surface area contributed by atoms with Crippen LogP contribution in [0.2, 0.25) is 0 Å². The van der Waals surface area contributed by atoms with Crippen molar-refractivity contribution >= 4 is 11.1 Å². The van der Waals surface area contributed by atoms with Crippen LogP contribution in [-0.4, -0.2) is 18.6 Å². The molecule has 0 atom stereocenters. The van der Waals surface area contributed by atoms with Crippen LogP contribution >= 0.6 is 0 Å². The van der Waals surface area contributed by atoms with Crippen molar-refractivity contribution in [2.45, 2.75) is 12.3 Å². The molecule has 16 heavy (non-hydrogen) atoms. The lowest BCUT2D eigenvalue weighted by Crippen LogP contribution is -2.20. The Labute approximate surface area is 91.5 Å². The second-order valence-corrected chi connectivity index (χ2v) is 3.59. The van der Waals surface area contributed by atoms with E-state index in [9.17, 15) is 8.78 Å². The number of aromatic nitrogens is 1. The summed E-state index contributed by atoms with van der Waals surface area (Å²) in [5.41, 5.74) is 0.946. The number of nitrogens with one attached hydrogen (secondary N) is 1. The largest absolute Gasteiger partial charge is 0.443 e. The summed E-state index contributed by atoms with van der Waals surface area (Å²) in [4.78, 5) is 3.88. The molecule has 0 bridgehead atoms. The van der Waals surface area contributed by atoms with E-state index in [1.807, 2.05) is 0 Å². The summed E-state index contributed by atoms with van der Waals surface area (Å²) in [6.07, 6.45) is 1.02. The molecule has 1 heterocycles. The van der Waals surface area contributed by atoms with Gasteiger partial charge in [0, 0.05) is 18.5 Å². The SMILES string of the molecule is CNCCC(F)(F)c1ccc2ncoc2c1. The van der Waals surface area contributed by atoms with E-state index in [-0.39, 0.29) is 18.5 Å². The molecule has 0 aliphatic rings. The Kier molecular flexibility index (Phi) is 2.87. The van der Waals surface area contributed by atoms with Crippen molar-refractivity contribution in [3.05, 3.63) is 30.2 Å². The van der Waals surface area contributed by atoms with Crippen LogP contribution in [0.1, 0.15) is 12.0 Å². The Morgan fingerprint density at radius 2 is 2.25 bits per heavy atom. The van der Waals surface area contributed by atoms with Gasteiger partial charge in [0.15, 0.2) is 12.0 Å². The predicted molar refractivity (Wildman–Crippen MR) is 56.4 cm³/mol. The minimum atomic E-state index is -2.84. The molecule has 0 fully saturated rings. The highest BCUT2D eigenvalue weighted by Gasteiger charge is 2.31. The number of hydrogen-bond donors (Lipinski definition) is 1. The van der Waals surface area contributed by atoms with Crippen molar-refractivity contribution in [1.82, 2.24) is 10.3 Å². The summed E-state index contributed by atoms with van der Waals surface area (Å²) in [5.74, 6) is -2.84. The maximum atomic E-state index is 13.7. The fourth-order valence-corrected chi connectivity index (χ4v) is 1.51. The molecule has 86 valence electrons. The van der Waals surface area contributed by atoms with Crippen LogP contribution in [0.5, 0.6) is 0 Å². The molecule has 1 aromatic heterocycles. The number of fused-ring (bicyclic) bond motifs is 1. The van der Waals surface area contributed by atoms with E-state index >= 15 is 0 Å². The van der Waals surface area contributed by atoms with Gasteiger partial charge in [-0.2, -0.15) is 0 Å². The molecule has 0 saturated carbocycles. The van der Waals surface area contributed by atoms with Gasteiger partial charge in [0.2, 0.25) is 0 Å². The molecule has 5 heteroatoms. The standard InChI is InChI=1S/C11H12F2N2O/c1-14-5-4-11(12,13)8-2-3-9-10(6-8)16-7-15-9/h2-3,6-7,14H,4-5H2,1H3. The van der Waals surface area contributed by atoms with E-state index in [0.717, 1.165) is 0 Å². The number of oxazole rings is 1. The van der Waals surface area contributed by atoms with Crippen LogP contribution in [0.4, 0.5) is 8.78 Å². The van der Waals surface area contributed by atoms with E-state index < -0.39 is 5.92 Å². The zero-order valence-electron chi connectivity index (χ0n) is 8.84. The van der Waals surface area contributed by atoms with Gasteiger partial charge in [-0.25, -0.2) is 13.8 Å². The number of halogens is 2. The van der Waals surface area contributed by atoms with Crippen molar-refractivity contribution in [2.24, 2.45) is 0 Å². The first-order valence-electron chi connectivity index (χ1n) is 4.99. The summed E-state index contributed by atoms with van der Waals surface area (Å²) >= 11 is 0. The summed E-state index contributed by atoms with van der Waals surface area (Å²) < 4.78 is 32.3. The summed E-state index contributed by atoms with van der Waals surface area (Å²) in [5, 5.41) is 2.71. The Hall–Kier alpha value is -1.49. The normalized spacial score (nSPS) is 12.2. The first kappa shape index (κ1) is 11.0. The average Bonchev–Trinajstić information content (AvgIpc) is 2.73. The zero-order chi connectivity index (χ0) is 11.6. The second kappa shape index (κ2) is 4.17. The molecule has 1 N–H and O–H groups in total. The van der Waals surface area contributed by atoms with Crippen LogP contribution < -0.4 is 5.32 Å². The van der Waals surface area contributed by atoms with Gasteiger partial charge >= 0.3 is 0 Å². The monoisotopic (exact) mass is 226 g/mol. The highest BCUT2D eigenvalue weighted by molar-refractivity contribution is 5.72. The molecule has 2 rings (SSSR count). The fraction of sp³-hybridized carbons (Fsp3) is 0.364. The van der Waals surface area contributed by atoms with Gasteiger partial charge in [0.05, 0.1) is 0 Å². The molecular weight excluding hydrogens is 214 g/mol. The molecule has 1 aromatic carbocycles. The average molecular weight is 226 g/mol. The lowest BCUT2D eigenvalue weighted by molar-refractivity contribution is -0.0123. The van der Waals surface area contributed by atoms with Gasteiger partial charge < -0.3 is 9.73 Å². The smallest absolute Gasteiger partial charge is 0.274 e. The van der Waals surface area contributed by atoms with Crippen LogP contribution in [-0.2, 0) is 5.92 Å². The first-order valence-corrected chi connectivity index (χ1v) is 4.99. The molecular formula is C11H12F2N2O. The Bertz CT molecular complexity index is 482. The Morgan fingerprint density at radius 3 is 3.00 bits per heavy atom. The molecule has 0 unspecified atom stereocenters. The van der Waals surface area contributed by atoms with Gasteiger partial charge in [0.25, 0.3) is 5.92 Å². The first-order chi connectivity index (χ1) is 7.63. The van der Waals surface area contributed by atoms with Crippen LogP contribution in [0.25, 0.3) is 11.1 Å². The maximum Gasteiger partial charge on any atom is 0.274 e. The quantitative estimate of drug-likeness (QED) is 0.870. The number of alkyl halides is 2. The highest BCUT2D eigenvalue weighted by Crippen LogP contribution is 2.32. The van der Waals surface area contributed by atoms with Crippen molar-refractivity contribution in [2.75, 3.05) is 13.6 Å². The third kappa shape index (κ3) is 2.04. The molecule has 0 aliphatic carbocycles. The van der Waals surface area contributed by atoms with Gasteiger partial charge in [-0.3, -0.25) is 0 Å². The second-order valence-electron chi connectivity index (χ2n) is 3.59. The number of rotatable bonds is 4. The molecule has 0 saturated heterocycles. The third-order valence-corrected chi connectivity index (χ3v) is 2.44. The van der Waals surface area contributed by atoms with Gasteiger partial charge in [-0.05, 0) is 19.2 Å². The van der Waals surface area contributed by atoms with Gasteiger partial charge in [-0.1, -0.05) is 6.07 Å². The van der Waals surface area contributed by atoms with Crippen molar-refractivity contribution in [3.63, 3.8) is 0 Å². The Morgan fingerprint density at radius 1 is 1.44 bits per heavy atom. The topological polar surface area (TPSA) is 38.1 Å². The summed E-state index contributed by atoms with van der Waals surface area (Å²) in [6, 6.07) is 4.28. The minimum Gasteiger partial charge on any atom is -0.443 e. The van der Waals surface area contributed by atoms with Crippen molar-refractivity contribution < 1.29 is 13.2 Å². The fourth-order valence-electron chi connectivity index (χ4n) is 1.51. The van der Waals surface area contributed by atoms with Gasteiger partial charge in [-0.15, -0.1) is 0 Å². The van der Waals surface area contributed by atoms with Crippen molar-refractivity contribution in [1.29, 1.82) is 0 Å². The summed E-state index contributed by atoms with van der Waals surface area (Å²) in [6.45, 7) is 0.265. The van der Waals surface area contributed by atoms with Crippen molar-refractivity contribution in [3.8, 4) is 0 Å². The molecule has 0 spiro atoms. The zero-order valence-corrected chi connectivity index (χ0v) is 8.84. The van der Waals surface area contributed by atoms with Crippen LogP contribution in [0, 0.1) is 0 Å². The predicted octanol–water partition coefficient (Wildman–Crippen LogP) is 2.53. The molecule has 0 aliphatic heterocycles. The van der Waals surface area contributed by atoms with E-state index in [1.165, 1.54) is 18.5 Å². The summed E-state index contributed by atoms with van der Waals surface area (Å²) in [7, 11) is 1.65. The molecule has 2 aromatic rings. The number of hydrogen-bond acceptors (Lipinski definition) is 3.